The van der Waals surface area contributed by atoms with Crippen LogP contribution in [0.1, 0.15) is 19.4 Å². The van der Waals surface area contributed by atoms with Gasteiger partial charge in [-0.3, -0.25) is 0 Å². The van der Waals surface area contributed by atoms with Crippen LogP contribution in [-0.4, -0.2) is 11.5 Å². The topological polar surface area (TPSA) is 34.1 Å². The van der Waals surface area contributed by atoms with E-state index in [0.717, 1.165) is 22.3 Å². The number of nitrogens with one attached hydrogen (secondary N) is 1. The van der Waals surface area contributed by atoms with Gasteiger partial charge in [-0.1, -0.05) is 41.4 Å². The standard InChI is InChI=1S/C16H18BrClN2O/c1-11(2)8-19-9-12-7-16(20-10-15(12)18)21-14-5-3-13(17)4-6-14/h3-7,10-11,19H,8-9H2,1-2H3. The monoisotopic (exact) mass is 368 g/mol. The lowest BCUT2D eigenvalue weighted by Gasteiger charge is -2.10. The first kappa shape index (κ1) is 16.3. The molecule has 0 amide bonds. The molecule has 1 heterocycles. The smallest absolute Gasteiger partial charge is 0.219 e. The maximum atomic E-state index is 6.17. The van der Waals surface area contributed by atoms with Crippen molar-refractivity contribution in [1.29, 1.82) is 0 Å². The van der Waals surface area contributed by atoms with Crippen molar-refractivity contribution in [3.63, 3.8) is 0 Å². The number of rotatable bonds is 6. The molecule has 0 bridgehead atoms. The zero-order valence-electron chi connectivity index (χ0n) is 12.1. The average molecular weight is 370 g/mol. The molecule has 0 unspecified atom stereocenters. The van der Waals surface area contributed by atoms with Gasteiger partial charge < -0.3 is 10.1 Å². The lowest BCUT2D eigenvalue weighted by Crippen LogP contribution is -2.19. The predicted molar refractivity (Wildman–Crippen MR) is 90.0 cm³/mol. The maximum absolute atomic E-state index is 6.17. The van der Waals surface area contributed by atoms with Crippen molar-refractivity contribution in [2.45, 2.75) is 20.4 Å². The van der Waals surface area contributed by atoms with Crippen molar-refractivity contribution in [2.75, 3.05) is 6.54 Å². The largest absolute Gasteiger partial charge is 0.439 e. The van der Waals surface area contributed by atoms with E-state index in [9.17, 15) is 0 Å². The normalized spacial score (nSPS) is 10.9. The molecule has 3 nitrogen and oxygen atoms in total. The SMILES string of the molecule is CC(C)CNCc1cc(Oc2ccc(Br)cc2)ncc1Cl. The van der Waals surface area contributed by atoms with Gasteiger partial charge in [0, 0.05) is 23.3 Å². The molecule has 1 aromatic carbocycles. The molecule has 0 saturated carbocycles. The molecule has 1 N–H and O–H groups in total. The van der Waals surface area contributed by atoms with Gasteiger partial charge in [-0.25, -0.2) is 4.98 Å². The highest BCUT2D eigenvalue weighted by Gasteiger charge is 2.06. The van der Waals surface area contributed by atoms with E-state index in [1.807, 2.05) is 30.3 Å². The summed E-state index contributed by atoms with van der Waals surface area (Å²) in [6, 6.07) is 9.50. The maximum Gasteiger partial charge on any atom is 0.219 e. The molecular formula is C16H18BrClN2O. The average Bonchev–Trinajstić information content (AvgIpc) is 2.44. The van der Waals surface area contributed by atoms with Crippen molar-refractivity contribution >= 4 is 27.5 Å². The summed E-state index contributed by atoms with van der Waals surface area (Å²) >= 11 is 9.57. The highest BCUT2D eigenvalue weighted by molar-refractivity contribution is 9.10. The van der Waals surface area contributed by atoms with Gasteiger partial charge in [0.15, 0.2) is 0 Å². The van der Waals surface area contributed by atoms with Gasteiger partial charge >= 0.3 is 0 Å². The van der Waals surface area contributed by atoms with Crippen LogP contribution in [0.5, 0.6) is 11.6 Å². The number of nitrogens with zero attached hydrogens (tertiary/aromatic N) is 1. The highest BCUT2D eigenvalue weighted by Crippen LogP contribution is 2.25. The van der Waals surface area contributed by atoms with Gasteiger partial charge in [0.05, 0.1) is 5.02 Å². The van der Waals surface area contributed by atoms with Crippen LogP contribution in [0, 0.1) is 5.92 Å². The molecule has 0 spiro atoms. The number of ether oxygens (including phenoxy) is 1. The molecule has 0 saturated heterocycles. The number of hydrogen-bond acceptors (Lipinski definition) is 3. The predicted octanol–water partition coefficient (Wildman–Crippen LogP) is 5.04. The lowest BCUT2D eigenvalue weighted by molar-refractivity contribution is 0.461. The first-order valence-corrected chi connectivity index (χ1v) is 8.00. The molecule has 1 aromatic heterocycles. The van der Waals surface area contributed by atoms with Crippen molar-refractivity contribution in [2.24, 2.45) is 5.92 Å². The summed E-state index contributed by atoms with van der Waals surface area (Å²) in [5.74, 6) is 1.89. The molecule has 0 aliphatic carbocycles. The van der Waals surface area contributed by atoms with Crippen molar-refractivity contribution < 1.29 is 4.74 Å². The van der Waals surface area contributed by atoms with Crippen molar-refractivity contribution in [3.8, 4) is 11.6 Å². The number of halogens is 2. The van der Waals surface area contributed by atoms with Gasteiger partial charge in [0.25, 0.3) is 0 Å². The molecule has 2 rings (SSSR count). The van der Waals surface area contributed by atoms with E-state index in [2.05, 4.69) is 40.1 Å². The second-order valence-electron chi connectivity index (χ2n) is 5.19. The van der Waals surface area contributed by atoms with Crippen LogP contribution in [0.4, 0.5) is 0 Å². The summed E-state index contributed by atoms with van der Waals surface area (Å²) in [5.41, 5.74) is 0.986. The molecule has 0 fully saturated rings. The molecule has 0 atom stereocenters. The Balaban J connectivity index is 2.05. The zero-order chi connectivity index (χ0) is 15.2. The summed E-state index contributed by atoms with van der Waals surface area (Å²) in [6.45, 7) is 5.99. The minimum Gasteiger partial charge on any atom is -0.439 e. The minimum absolute atomic E-state index is 0.545. The fourth-order valence-electron chi connectivity index (χ4n) is 1.77. The Bertz CT molecular complexity index is 587. The first-order chi connectivity index (χ1) is 10.0. The summed E-state index contributed by atoms with van der Waals surface area (Å²) < 4.78 is 6.75. The van der Waals surface area contributed by atoms with Gasteiger partial charge in [-0.2, -0.15) is 0 Å². The molecule has 0 aliphatic rings. The highest BCUT2D eigenvalue weighted by atomic mass is 79.9. The Morgan fingerprint density at radius 1 is 1.29 bits per heavy atom. The third-order valence-electron chi connectivity index (χ3n) is 2.81. The lowest BCUT2D eigenvalue weighted by atomic mass is 10.2. The Morgan fingerprint density at radius 3 is 2.67 bits per heavy atom. The van der Waals surface area contributed by atoms with Crippen LogP contribution >= 0.6 is 27.5 Å². The van der Waals surface area contributed by atoms with E-state index in [0.29, 0.717) is 23.4 Å². The van der Waals surface area contributed by atoms with Crippen LogP contribution in [0.2, 0.25) is 5.02 Å². The number of benzene rings is 1. The number of aromatic nitrogens is 1. The molecule has 2 aromatic rings. The van der Waals surface area contributed by atoms with Gasteiger partial charge in [0.2, 0.25) is 5.88 Å². The Hall–Kier alpha value is -1.10. The minimum atomic E-state index is 0.545. The van der Waals surface area contributed by atoms with Crippen LogP contribution < -0.4 is 10.1 Å². The molecule has 0 aliphatic heterocycles. The second-order valence-corrected chi connectivity index (χ2v) is 6.52. The Morgan fingerprint density at radius 2 is 2.00 bits per heavy atom. The van der Waals surface area contributed by atoms with Gasteiger partial charge in [0.1, 0.15) is 5.75 Å². The number of pyridine rings is 1. The van der Waals surface area contributed by atoms with Crippen LogP contribution in [0.15, 0.2) is 41.0 Å². The van der Waals surface area contributed by atoms with Crippen LogP contribution in [-0.2, 0) is 6.54 Å². The quantitative estimate of drug-likeness (QED) is 0.775. The fraction of sp³-hybridized carbons (Fsp3) is 0.312. The molecule has 0 radical (unpaired) electrons. The summed E-state index contributed by atoms with van der Waals surface area (Å²) in [6.07, 6.45) is 1.63. The molecule has 5 heteroatoms. The van der Waals surface area contributed by atoms with Crippen molar-refractivity contribution in [3.05, 3.63) is 51.6 Å². The Kier molecular flexibility index (Phi) is 6.03. The summed E-state index contributed by atoms with van der Waals surface area (Å²) in [7, 11) is 0. The third-order valence-corrected chi connectivity index (χ3v) is 3.68. The summed E-state index contributed by atoms with van der Waals surface area (Å²) in [5, 5.41) is 4.01. The van der Waals surface area contributed by atoms with E-state index in [1.165, 1.54) is 0 Å². The van der Waals surface area contributed by atoms with Crippen LogP contribution in [0.3, 0.4) is 0 Å². The summed E-state index contributed by atoms with van der Waals surface area (Å²) in [4.78, 5) is 4.21. The second kappa shape index (κ2) is 7.78. The number of hydrogen-bond donors (Lipinski definition) is 1. The molecular weight excluding hydrogens is 352 g/mol. The molecule has 21 heavy (non-hydrogen) atoms. The van der Waals surface area contributed by atoms with E-state index >= 15 is 0 Å². The van der Waals surface area contributed by atoms with Crippen molar-refractivity contribution in [1.82, 2.24) is 10.3 Å². The Labute approximate surface area is 138 Å². The van der Waals surface area contributed by atoms with Crippen LogP contribution in [0.25, 0.3) is 0 Å². The van der Waals surface area contributed by atoms with Gasteiger partial charge in [-0.05, 0) is 42.3 Å². The van der Waals surface area contributed by atoms with E-state index < -0.39 is 0 Å². The van der Waals surface area contributed by atoms with Gasteiger partial charge in [-0.15, -0.1) is 0 Å². The zero-order valence-corrected chi connectivity index (χ0v) is 14.4. The van der Waals surface area contributed by atoms with E-state index in [-0.39, 0.29) is 0 Å². The van der Waals surface area contributed by atoms with E-state index in [1.54, 1.807) is 6.20 Å². The van der Waals surface area contributed by atoms with E-state index in [4.69, 9.17) is 16.3 Å². The third kappa shape index (κ3) is 5.30. The first-order valence-electron chi connectivity index (χ1n) is 6.83. The fourth-order valence-corrected chi connectivity index (χ4v) is 2.20. The molecule has 112 valence electrons.